The molecule has 2 atom stereocenters. The van der Waals surface area contributed by atoms with Gasteiger partial charge in [0.15, 0.2) is 0 Å². The lowest BCUT2D eigenvalue weighted by molar-refractivity contribution is -0.137. The third kappa shape index (κ3) is 4.12. The molecule has 0 radical (unpaired) electrons. The molecular formula is C19H15ClF3N3O2. The quantitative estimate of drug-likeness (QED) is 0.699. The molecule has 9 heteroatoms. The Labute approximate surface area is 163 Å². The summed E-state index contributed by atoms with van der Waals surface area (Å²) in [6, 6.07) is 9.71. The van der Waals surface area contributed by atoms with E-state index in [-0.39, 0.29) is 11.4 Å². The number of hydrogen-bond acceptors (Lipinski definition) is 2. The number of benzene rings is 2. The Hall–Kier alpha value is -3.00. The smallest absolute Gasteiger partial charge is 0.330 e. The molecule has 3 N–H and O–H groups in total. The third-order valence-electron chi connectivity index (χ3n) is 4.25. The Morgan fingerprint density at radius 3 is 2.54 bits per heavy atom. The van der Waals surface area contributed by atoms with Crippen LogP contribution < -0.4 is 16.0 Å². The number of carbonyl (C=O) groups is 2. The van der Waals surface area contributed by atoms with Crippen LogP contribution in [-0.4, -0.2) is 11.9 Å². The van der Waals surface area contributed by atoms with Gasteiger partial charge in [-0.3, -0.25) is 4.79 Å². The number of hydrogen-bond donors (Lipinski definition) is 3. The fourth-order valence-corrected chi connectivity index (χ4v) is 3.22. The minimum atomic E-state index is -4.63. The standard InChI is InChI=1S/C19H15ClF3N3O2/c1-10-15(16(26-18(28)24-10)11-5-4-6-12(20)9-11)17(27)25-14-8-3-2-7-13(14)19(21,22)23/h2-9,15-16H,1H2,(H,25,27)(H2,24,26,28)/t15-,16-/m0/s1. The van der Waals surface area contributed by atoms with Crippen molar-refractivity contribution in [1.82, 2.24) is 10.6 Å². The highest BCUT2D eigenvalue weighted by molar-refractivity contribution is 6.30. The van der Waals surface area contributed by atoms with Crippen molar-refractivity contribution >= 4 is 29.2 Å². The lowest BCUT2D eigenvalue weighted by atomic mass is 9.88. The minimum Gasteiger partial charge on any atom is -0.330 e. The fourth-order valence-electron chi connectivity index (χ4n) is 3.02. The number of alkyl halides is 3. The van der Waals surface area contributed by atoms with E-state index >= 15 is 0 Å². The number of halogens is 4. The van der Waals surface area contributed by atoms with Crippen molar-refractivity contribution in [2.45, 2.75) is 12.2 Å². The van der Waals surface area contributed by atoms with E-state index in [1.807, 2.05) is 0 Å². The molecule has 2 aromatic carbocycles. The molecule has 0 saturated carbocycles. The Morgan fingerprint density at radius 2 is 1.86 bits per heavy atom. The van der Waals surface area contributed by atoms with Gasteiger partial charge in [-0.15, -0.1) is 0 Å². The maximum absolute atomic E-state index is 13.2. The molecule has 0 unspecified atom stereocenters. The van der Waals surface area contributed by atoms with Gasteiger partial charge in [0.25, 0.3) is 0 Å². The zero-order valence-electron chi connectivity index (χ0n) is 14.3. The number of urea groups is 1. The first kappa shape index (κ1) is 19.8. The van der Waals surface area contributed by atoms with Crippen molar-refractivity contribution in [3.05, 3.63) is 77.0 Å². The van der Waals surface area contributed by atoms with E-state index in [1.54, 1.807) is 24.3 Å². The predicted octanol–water partition coefficient (Wildman–Crippen LogP) is 4.48. The maximum Gasteiger partial charge on any atom is 0.418 e. The zero-order valence-corrected chi connectivity index (χ0v) is 15.1. The van der Waals surface area contributed by atoms with Crippen molar-refractivity contribution in [1.29, 1.82) is 0 Å². The van der Waals surface area contributed by atoms with Gasteiger partial charge in [-0.05, 0) is 29.8 Å². The first-order valence-electron chi connectivity index (χ1n) is 8.15. The molecule has 0 aromatic heterocycles. The molecule has 0 spiro atoms. The molecule has 1 aliphatic rings. The van der Waals surface area contributed by atoms with Crippen LogP contribution in [0.4, 0.5) is 23.7 Å². The van der Waals surface area contributed by atoms with Crippen LogP contribution in [0.5, 0.6) is 0 Å². The molecule has 0 aliphatic carbocycles. The largest absolute Gasteiger partial charge is 0.418 e. The maximum atomic E-state index is 13.2. The lowest BCUT2D eigenvalue weighted by Crippen LogP contribution is -2.51. The molecule has 1 aliphatic heterocycles. The second-order valence-corrected chi connectivity index (χ2v) is 6.60. The van der Waals surface area contributed by atoms with Crippen molar-refractivity contribution in [2.75, 3.05) is 5.32 Å². The van der Waals surface area contributed by atoms with Gasteiger partial charge in [0.1, 0.15) is 5.92 Å². The number of para-hydroxylation sites is 1. The Bertz CT molecular complexity index is 946. The van der Waals surface area contributed by atoms with Gasteiger partial charge in [0.05, 0.1) is 17.3 Å². The molecule has 28 heavy (non-hydrogen) atoms. The summed E-state index contributed by atoms with van der Waals surface area (Å²) in [4.78, 5) is 24.7. The zero-order chi connectivity index (χ0) is 20.5. The summed E-state index contributed by atoms with van der Waals surface area (Å²) in [7, 11) is 0. The molecule has 3 rings (SSSR count). The van der Waals surface area contributed by atoms with Crippen molar-refractivity contribution in [3.63, 3.8) is 0 Å². The van der Waals surface area contributed by atoms with E-state index in [0.29, 0.717) is 10.6 Å². The van der Waals surface area contributed by atoms with Gasteiger partial charge >= 0.3 is 12.2 Å². The van der Waals surface area contributed by atoms with Crippen molar-refractivity contribution in [3.8, 4) is 0 Å². The van der Waals surface area contributed by atoms with Gasteiger partial charge in [0, 0.05) is 10.7 Å². The van der Waals surface area contributed by atoms with Gasteiger partial charge < -0.3 is 16.0 Å². The van der Waals surface area contributed by atoms with E-state index in [2.05, 4.69) is 22.5 Å². The molecule has 146 valence electrons. The van der Waals surface area contributed by atoms with Gasteiger partial charge in [-0.2, -0.15) is 13.2 Å². The highest BCUT2D eigenvalue weighted by Gasteiger charge is 2.39. The first-order chi connectivity index (χ1) is 13.2. The van der Waals surface area contributed by atoms with Crippen LogP contribution in [0.25, 0.3) is 0 Å². The highest BCUT2D eigenvalue weighted by Crippen LogP contribution is 2.36. The SMILES string of the molecule is C=C1NC(=O)N[C@@H](c2cccc(Cl)c2)[C@H]1C(=O)Nc1ccccc1C(F)(F)F. The lowest BCUT2D eigenvalue weighted by Gasteiger charge is -2.34. The number of amides is 3. The number of rotatable bonds is 3. The molecule has 2 aromatic rings. The summed E-state index contributed by atoms with van der Waals surface area (Å²) in [6.07, 6.45) is -4.63. The molecule has 1 heterocycles. The van der Waals surface area contributed by atoms with Crippen LogP contribution in [0.3, 0.4) is 0 Å². The Morgan fingerprint density at radius 1 is 1.14 bits per heavy atom. The van der Waals surface area contributed by atoms with Crippen LogP contribution in [0, 0.1) is 5.92 Å². The first-order valence-corrected chi connectivity index (χ1v) is 8.53. The van der Waals surface area contributed by atoms with E-state index in [0.717, 1.165) is 12.1 Å². The molecule has 3 amide bonds. The van der Waals surface area contributed by atoms with E-state index < -0.39 is 35.6 Å². The monoisotopic (exact) mass is 409 g/mol. The molecule has 1 saturated heterocycles. The average molecular weight is 410 g/mol. The summed E-state index contributed by atoms with van der Waals surface area (Å²) in [5, 5.41) is 7.68. The second-order valence-electron chi connectivity index (χ2n) is 6.17. The summed E-state index contributed by atoms with van der Waals surface area (Å²) in [5.74, 6) is -1.81. The van der Waals surface area contributed by atoms with Gasteiger partial charge in [-0.25, -0.2) is 4.79 Å². The minimum absolute atomic E-state index is 0.0655. The van der Waals surface area contributed by atoms with E-state index in [9.17, 15) is 22.8 Å². The van der Waals surface area contributed by atoms with Crippen molar-refractivity contribution < 1.29 is 22.8 Å². The highest BCUT2D eigenvalue weighted by atomic mass is 35.5. The molecular weight excluding hydrogens is 395 g/mol. The Kier molecular flexibility index (Phi) is 5.33. The van der Waals surface area contributed by atoms with Gasteiger partial charge in [0.2, 0.25) is 5.91 Å². The van der Waals surface area contributed by atoms with E-state index in [1.165, 1.54) is 12.1 Å². The fraction of sp³-hybridized carbons (Fsp3) is 0.158. The molecule has 5 nitrogen and oxygen atoms in total. The van der Waals surface area contributed by atoms with Crippen LogP contribution in [0.2, 0.25) is 5.02 Å². The summed E-state index contributed by atoms with van der Waals surface area (Å²) >= 11 is 5.99. The number of carbonyl (C=O) groups excluding carboxylic acids is 2. The summed E-state index contributed by atoms with van der Waals surface area (Å²) in [5.41, 5.74) is -0.765. The summed E-state index contributed by atoms with van der Waals surface area (Å²) < 4.78 is 39.6. The van der Waals surface area contributed by atoms with Crippen LogP contribution in [0.15, 0.2) is 60.8 Å². The topological polar surface area (TPSA) is 70.2 Å². The number of nitrogens with one attached hydrogen (secondary N) is 3. The summed E-state index contributed by atoms with van der Waals surface area (Å²) in [6.45, 7) is 3.69. The van der Waals surface area contributed by atoms with Gasteiger partial charge in [-0.1, -0.05) is 42.4 Å². The Balaban J connectivity index is 1.94. The van der Waals surface area contributed by atoms with Crippen LogP contribution in [-0.2, 0) is 11.0 Å². The van der Waals surface area contributed by atoms with E-state index in [4.69, 9.17) is 11.6 Å². The van der Waals surface area contributed by atoms with Crippen LogP contribution >= 0.6 is 11.6 Å². The predicted molar refractivity (Wildman–Crippen MR) is 98.6 cm³/mol. The normalized spacial score (nSPS) is 19.6. The second kappa shape index (κ2) is 7.55. The molecule has 0 bridgehead atoms. The number of anilines is 1. The third-order valence-corrected chi connectivity index (χ3v) is 4.49. The van der Waals surface area contributed by atoms with Crippen molar-refractivity contribution in [2.24, 2.45) is 5.92 Å². The molecule has 1 fully saturated rings. The average Bonchev–Trinajstić information content (AvgIpc) is 2.60. The van der Waals surface area contributed by atoms with Crippen LogP contribution in [0.1, 0.15) is 17.2 Å².